The summed E-state index contributed by atoms with van der Waals surface area (Å²) >= 11 is 1.51. The third-order valence-corrected chi connectivity index (χ3v) is 8.30. The summed E-state index contributed by atoms with van der Waals surface area (Å²) in [5.41, 5.74) is 5.87. The number of nitrogens with one attached hydrogen (secondary N) is 1. The Morgan fingerprint density at radius 2 is 1.87 bits per heavy atom. The van der Waals surface area contributed by atoms with Gasteiger partial charge in [-0.1, -0.05) is 69.7 Å². The van der Waals surface area contributed by atoms with E-state index < -0.39 is 0 Å². The fourth-order valence-corrected chi connectivity index (χ4v) is 6.53. The Bertz CT molecular complexity index is 1470. The van der Waals surface area contributed by atoms with Gasteiger partial charge in [-0.2, -0.15) is 0 Å². The van der Waals surface area contributed by atoms with Gasteiger partial charge in [-0.25, -0.2) is 9.78 Å². The van der Waals surface area contributed by atoms with Gasteiger partial charge in [0.2, 0.25) is 0 Å². The third-order valence-electron chi connectivity index (χ3n) is 7.13. The Balaban J connectivity index is 1.53. The van der Waals surface area contributed by atoms with E-state index in [1.165, 1.54) is 21.8 Å². The summed E-state index contributed by atoms with van der Waals surface area (Å²) in [7, 11) is 0. The first-order valence-electron chi connectivity index (χ1n) is 13.6. The van der Waals surface area contributed by atoms with Gasteiger partial charge < -0.3 is 10.1 Å². The molecule has 1 atom stereocenters. The fourth-order valence-electron chi connectivity index (χ4n) is 5.13. The van der Waals surface area contributed by atoms with E-state index in [9.17, 15) is 9.59 Å². The topological polar surface area (TPSA) is 68.3 Å². The summed E-state index contributed by atoms with van der Waals surface area (Å²) in [4.78, 5) is 33.0. The highest BCUT2D eigenvalue weighted by atomic mass is 32.1. The van der Waals surface area contributed by atoms with Crippen molar-refractivity contribution in [3.63, 3.8) is 0 Å². The van der Waals surface area contributed by atoms with Crippen molar-refractivity contribution in [3.8, 4) is 11.3 Å². The number of aromatic nitrogens is 1. The van der Waals surface area contributed by atoms with Gasteiger partial charge in [0.1, 0.15) is 5.00 Å². The molecule has 0 bridgehead atoms. The molecule has 0 saturated heterocycles. The van der Waals surface area contributed by atoms with Gasteiger partial charge in [0.05, 0.1) is 28.9 Å². The minimum Gasteiger partial charge on any atom is -0.462 e. The molecule has 2 aromatic carbocycles. The second-order valence-electron chi connectivity index (χ2n) is 10.2. The summed E-state index contributed by atoms with van der Waals surface area (Å²) in [6.45, 7) is 6.74. The number of hydrogen-bond acceptors (Lipinski definition) is 5. The zero-order valence-electron chi connectivity index (χ0n) is 22.3. The standard InChI is InChI=1S/C32H34N2O3S/c1-4-8-21-12-14-22(15-13-21)27-19-25(23-9-6-7-10-26(23)33-27)30(35)34-31-29(32(36)37-17-5-2)24-16-11-20(3)18-28(24)38-31/h6-7,9-10,12-15,19-20H,4-5,8,11,16-18H2,1-3H3,(H,34,35)/t20-/m1/s1. The molecule has 4 aromatic rings. The number of ether oxygens (including phenoxy) is 1. The van der Waals surface area contributed by atoms with Gasteiger partial charge in [0, 0.05) is 15.8 Å². The van der Waals surface area contributed by atoms with Crippen molar-refractivity contribution in [2.45, 2.75) is 59.3 Å². The molecule has 1 aliphatic rings. The average Bonchev–Trinajstić information content (AvgIpc) is 3.28. The van der Waals surface area contributed by atoms with Crippen LogP contribution in [0.15, 0.2) is 54.6 Å². The summed E-state index contributed by atoms with van der Waals surface area (Å²) < 4.78 is 5.54. The molecule has 0 saturated carbocycles. The number of aryl methyl sites for hydroxylation is 1. The van der Waals surface area contributed by atoms with Crippen LogP contribution >= 0.6 is 11.3 Å². The molecule has 1 aliphatic carbocycles. The van der Waals surface area contributed by atoms with E-state index in [2.05, 4.69) is 43.4 Å². The number of thiophene rings is 1. The van der Waals surface area contributed by atoms with Crippen molar-refractivity contribution in [1.29, 1.82) is 0 Å². The number of benzene rings is 2. The number of nitrogens with zero attached hydrogens (tertiary/aromatic N) is 1. The largest absolute Gasteiger partial charge is 0.462 e. The minimum absolute atomic E-state index is 0.247. The van der Waals surface area contributed by atoms with Crippen LogP contribution in [0.3, 0.4) is 0 Å². The van der Waals surface area contributed by atoms with E-state index in [1.807, 2.05) is 37.3 Å². The highest BCUT2D eigenvalue weighted by Gasteiger charge is 2.29. The molecule has 0 radical (unpaired) electrons. The number of anilines is 1. The molecule has 0 spiro atoms. The minimum atomic E-state index is -0.346. The Morgan fingerprint density at radius 3 is 2.63 bits per heavy atom. The summed E-state index contributed by atoms with van der Waals surface area (Å²) in [5, 5.41) is 4.47. The maximum Gasteiger partial charge on any atom is 0.341 e. The van der Waals surface area contributed by atoms with E-state index in [0.29, 0.717) is 28.7 Å². The number of carbonyl (C=O) groups excluding carboxylic acids is 2. The Morgan fingerprint density at radius 1 is 1.08 bits per heavy atom. The molecular formula is C32H34N2O3S. The van der Waals surface area contributed by atoms with Crippen LogP contribution in [0.2, 0.25) is 0 Å². The van der Waals surface area contributed by atoms with Crippen LogP contribution in [-0.4, -0.2) is 23.5 Å². The number of carbonyl (C=O) groups is 2. The molecule has 0 unspecified atom stereocenters. The van der Waals surface area contributed by atoms with Crippen molar-refractivity contribution < 1.29 is 14.3 Å². The second kappa shape index (κ2) is 11.5. The van der Waals surface area contributed by atoms with Crippen LogP contribution in [0.5, 0.6) is 0 Å². The van der Waals surface area contributed by atoms with E-state index in [1.54, 1.807) is 0 Å². The van der Waals surface area contributed by atoms with Crippen molar-refractivity contribution in [1.82, 2.24) is 4.98 Å². The normalized spacial score (nSPS) is 14.8. The number of fused-ring (bicyclic) bond motifs is 2. The van der Waals surface area contributed by atoms with Gasteiger partial charge >= 0.3 is 5.97 Å². The third kappa shape index (κ3) is 5.37. The average molecular weight is 527 g/mol. The molecule has 2 heterocycles. The zero-order valence-corrected chi connectivity index (χ0v) is 23.1. The van der Waals surface area contributed by atoms with E-state index in [4.69, 9.17) is 9.72 Å². The Hall–Kier alpha value is -3.51. The van der Waals surface area contributed by atoms with Gasteiger partial charge in [0.15, 0.2) is 0 Å². The van der Waals surface area contributed by atoms with Crippen molar-refractivity contribution in [2.24, 2.45) is 5.92 Å². The molecule has 38 heavy (non-hydrogen) atoms. The van der Waals surface area contributed by atoms with E-state index in [-0.39, 0.29) is 11.9 Å². The highest BCUT2D eigenvalue weighted by Crippen LogP contribution is 2.40. The molecule has 2 aromatic heterocycles. The molecule has 0 fully saturated rings. The number of esters is 1. The maximum absolute atomic E-state index is 13.8. The first-order valence-corrected chi connectivity index (χ1v) is 14.4. The SMILES string of the molecule is CCCOC(=O)c1c(NC(=O)c2cc(-c3ccc(CCC)cc3)nc3ccccc23)sc2c1CC[C@@H](C)C2. The smallest absolute Gasteiger partial charge is 0.341 e. The van der Waals surface area contributed by atoms with Gasteiger partial charge in [0.25, 0.3) is 5.91 Å². The van der Waals surface area contributed by atoms with E-state index in [0.717, 1.165) is 66.2 Å². The van der Waals surface area contributed by atoms with Crippen molar-refractivity contribution in [2.75, 3.05) is 11.9 Å². The maximum atomic E-state index is 13.8. The lowest BCUT2D eigenvalue weighted by Crippen LogP contribution is -2.17. The van der Waals surface area contributed by atoms with Crippen LogP contribution in [-0.2, 0) is 24.0 Å². The van der Waals surface area contributed by atoms with Crippen LogP contribution in [0.4, 0.5) is 5.00 Å². The quantitative estimate of drug-likeness (QED) is 0.237. The first kappa shape index (κ1) is 26.1. The predicted octanol–water partition coefficient (Wildman–Crippen LogP) is 7.86. The van der Waals surface area contributed by atoms with Crippen LogP contribution in [0.25, 0.3) is 22.2 Å². The van der Waals surface area contributed by atoms with Crippen molar-refractivity contribution in [3.05, 3.63) is 81.7 Å². The van der Waals surface area contributed by atoms with Crippen LogP contribution in [0, 0.1) is 5.92 Å². The van der Waals surface area contributed by atoms with E-state index >= 15 is 0 Å². The molecule has 1 N–H and O–H groups in total. The second-order valence-corrected chi connectivity index (χ2v) is 11.3. The summed E-state index contributed by atoms with van der Waals surface area (Å²) in [6, 6.07) is 17.9. The molecule has 0 aliphatic heterocycles. The highest BCUT2D eigenvalue weighted by molar-refractivity contribution is 7.17. The van der Waals surface area contributed by atoms with Crippen LogP contribution in [0.1, 0.15) is 76.8 Å². The number of amides is 1. The van der Waals surface area contributed by atoms with Gasteiger partial charge in [-0.05, 0) is 61.3 Å². The molecule has 5 rings (SSSR count). The summed E-state index contributed by atoms with van der Waals surface area (Å²) in [5.74, 6) is -0.0371. The molecule has 196 valence electrons. The molecular weight excluding hydrogens is 492 g/mol. The van der Waals surface area contributed by atoms with Crippen LogP contribution < -0.4 is 5.32 Å². The zero-order chi connectivity index (χ0) is 26.6. The lowest BCUT2D eigenvalue weighted by atomic mass is 9.88. The number of pyridine rings is 1. The molecule has 6 heteroatoms. The Kier molecular flexibility index (Phi) is 7.89. The lowest BCUT2D eigenvalue weighted by molar-refractivity contribution is 0.0505. The summed E-state index contributed by atoms with van der Waals surface area (Å²) in [6.07, 6.45) is 5.65. The first-order chi connectivity index (χ1) is 18.5. The van der Waals surface area contributed by atoms with Gasteiger partial charge in [-0.3, -0.25) is 4.79 Å². The molecule has 1 amide bonds. The Labute approximate surface area is 228 Å². The fraction of sp³-hybridized carbons (Fsp3) is 0.344. The predicted molar refractivity (Wildman–Crippen MR) is 155 cm³/mol. The van der Waals surface area contributed by atoms with Gasteiger partial charge in [-0.15, -0.1) is 11.3 Å². The monoisotopic (exact) mass is 526 g/mol. The number of hydrogen-bond donors (Lipinski definition) is 1. The lowest BCUT2D eigenvalue weighted by Gasteiger charge is -2.18. The molecule has 5 nitrogen and oxygen atoms in total. The number of rotatable bonds is 8. The number of para-hydroxylation sites is 1. The van der Waals surface area contributed by atoms with Crippen molar-refractivity contribution >= 4 is 39.1 Å².